The number of piperidine rings is 1. The van der Waals surface area contributed by atoms with Crippen LogP contribution in [-0.4, -0.2) is 188 Å². The quantitative estimate of drug-likeness (QED) is 0.0399. The van der Waals surface area contributed by atoms with E-state index in [1.165, 1.54) is 0 Å². The maximum Gasteiger partial charge on any atom is 0.254 e. The number of methoxy groups -OCH3 is 1. The van der Waals surface area contributed by atoms with E-state index in [-0.39, 0.29) is 48.1 Å². The van der Waals surface area contributed by atoms with Gasteiger partial charge >= 0.3 is 0 Å². The molecule has 3 N–H and O–H groups in total. The first-order chi connectivity index (χ1) is 41.1. The lowest BCUT2D eigenvalue weighted by molar-refractivity contribution is -0.164. The van der Waals surface area contributed by atoms with Gasteiger partial charge in [-0.15, -0.1) is 0 Å². The van der Waals surface area contributed by atoms with Gasteiger partial charge in [-0.3, -0.25) is 14.4 Å². The lowest BCUT2D eigenvalue weighted by Crippen LogP contribution is -2.74. The zero-order valence-corrected chi connectivity index (χ0v) is 51.0. The number of halogens is 1. The number of anilines is 5. The van der Waals surface area contributed by atoms with Crippen molar-refractivity contribution in [3.8, 4) is 17.6 Å². The molecule has 2 saturated carbocycles. The Morgan fingerprint density at radius 1 is 0.753 bits per heavy atom. The Balaban J connectivity index is 0.581. The van der Waals surface area contributed by atoms with Gasteiger partial charge in [0.25, 0.3) is 11.8 Å². The lowest BCUT2D eigenvalue weighted by Gasteiger charge is -2.63. The van der Waals surface area contributed by atoms with Crippen LogP contribution in [0.1, 0.15) is 106 Å². The summed E-state index contributed by atoms with van der Waals surface area (Å²) in [5, 5.41) is 18.9. The SMILES string of the molecule is CC[C@@H]1C(=O)N(C)c2cnc(Nc3ccc(C(=O)NCCOCCOCCOCCOCCOCCOCCOC4CCN(c5ncc(C(=O)NC6C(C)(C)C(Oc7ccc(C#N)c(Cl)c7)C6(C)C)cn5)CC4)cc3OC)nc2N1C1CCCC1. The summed E-state index contributed by atoms with van der Waals surface area (Å²) in [6.07, 6.45) is 11.4. The van der Waals surface area contributed by atoms with E-state index >= 15 is 0 Å². The number of likely N-dealkylation sites (N-methyl/N-ethyl adjacent to an activating group) is 1. The zero-order chi connectivity index (χ0) is 60.3. The van der Waals surface area contributed by atoms with Gasteiger partial charge < -0.3 is 73.3 Å². The molecule has 2 aromatic carbocycles. The molecule has 4 heterocycles. The number of nitrogens with zero attached hydrogens (tertiary/aromatic N) is 8. The number of rotatable bonds is 33. The van der Waals surface area contributed by atoms with Crippen molar-refractivity contribution in [2.24, 2.45) is 10.8 Å². The molecule has 2 aliphatic heterocycles. The number of carbonyl (C=O) groups is 3. The summed E-state index contributed by atoms with van der Waals surface area (Å²) in [6, 6.07) is 12.0. The van der Waals surface area contributed by atoms with Gasteiger partial charge in [0.05, 0.1) is 127 Å². The van der Waals surface area contributed by atoms with Crippen LogP contribution in [0.2, 0.25) is 5.02 Å². The third kappa shape index (κ3) is 16.7. The Kier molecular flexibility index (Phi) is 23.7. The van der Waals surface area contributed by atoms with Gasteiger partial charge in [-0.1, -0.05) is 59.1 Å². The lowest BCUT2D eigenvalue weighted by atomic mass is 9.49. The van der Waals surface area contributed by atoms with E-state index in [0.29, 0.717) is 155 Å². The minimum absolute atomic E-state index is 0.0595. The molecule has 3 fully saturated rings. The third-order valence-electron chi connectivity index (χ3n) is 16.2. The number of nitriles is 1. The number of amides is 3. The minimum atomic E-state index is -0.393. The first-order valence-electron chi connectivity index (χ1n) is 29.6. The van der Waals surface area contributed by atoms with Crippen molar-refractivity contribution in [3.05, 3.63) is 76.7 Å². The fourth-order valence-electron chi connectivity index (χ4n) is 11.9. The van der Waals surface area contributed by atoms with Gasteiger partial charge in [0.2, 0.25) is 17.8 Å². The summed E-state index contributed by atoms with van der Waals surface area (Å²) >= 11 is 6.25. The molecule has 85 heavy (non-hydrogen) atoms. The van der Waals surface area contributed by atoms with Crippen LogP contribution in [0.25, 0.3) is 0 Å². The predicted molar refractivity (Wildman–Crippen MR) is 320 cm³/mol. The molecule has 1 saturated heterocycles. The number of ether oxygens (including phenoxy) is 9. The molecule has 3 amide bonds. The Labute approximate surface area is 504 Å². The molecule has 8 rings (SSSR count). The number of nitrogens with one attached hydrogen (secondary N) is 3. The van der Waals surface area contributed by atoms with Crippen LogP contribution >= 0.6 is 11.6 Å². The van der Waals surface area contributed by atoms with Gasteiger partial charge in [0, 0.05) is 73.6 Å². The molecule has 2 aromatic heterocycles. The van der Waals surface area contributed by atoms with Crippen LogP contribution in [0.15, 0.2) is 55.0 Å². The molecular formula is C61H84ClN11O12. The van der Waals surface area contributed by atoms with Gasteiger partial charge in [0.15, 0.2) is 5.82 Å². The summed E-state index contributed by atoms with van der Waals surface area (Å²) in [7, 11) is 3.32. The first-order valence-corrected chi connectivity index (χ1v) is 30.0. The first kappa shape index (κ1) is 64.5. The summed E-state index contributed by atoms with van der Waals surface area (Å²) < 4.78 is 51.8. The molecule has 1 atom stereocenters. The maximum absolute atomic E-state index is 13.4. The summed E-state index contributed by atoms with van der Waals surface area (Å²) in [5.74, 6) is 2.29. The zero-order valence-electron chi connectivity index (χ0n) is 50.2. The van der Waals surface area contributed by atoms with Gasteiger partial charge in [-0.25, -0.2) is 15.0 Å². The number of hydrogen-bond acceptors (Lipinski definition) is 20. The number of benzene rings is 2. The van der Waals surface area contributed by atoms with Crippen molar-refractivity contribution in [3.63, 3.8) is 0 Å². The molecule has 4 aromatic rings. The van der Waals surface area contributed by atoms with E-state index in [4.69, 9.17) is 59.2 Å². The van der Waals surface area contributed by atoms with Crippen molar-refractivity contribution in [2.75, 3.05) is 140 Å². The van der Waals surface area contributed by atoms with Crippen molar-refractivity contribution in [2.45, 2.75) is 110 Å². The minimum Gasteiger partial charge on any atom is -0.495 e. The molecule has 0 unspecified atom stereocenters. The largest absolute Gasteiger partial charge is 0.495 e. The molecular weight excluding hydrogens is 1110 g/mol. The van der Waals surface area contributed by atoms with Crippen LogP contribution in [0, 0.1) is 22.2 Å². The number of aromatic nitrogens is 4. The molecule has 24 heteroatoms. The topological polar surface area (TPSA) is 255 Å². The third-order valence-corrected chi connectivity index (χ3v) is 16.5. The predicted octanol–water partition coefficient (Wildman–Crippen LogP) is 7.17. The molecule has 462 valence electrons. The average Bonchev–Trinajstić information content (AvgIpc) is 0.907. The Morgan fingerprint density at radius 3 is 1.93 bits per heavy atom. The highest BCUT2D eigenvalue weighted by Gasteiger charge is 2.64. The fourth-order valence-corrected chi connectivity index (χ4v) is 12.2. The second-order valence-electron chi connectivity index (χ2n) is 22.7. The highest BCUT2D eigenvalue weighted by Crippen LogP contribution is 2.56. The summed E-state index contributed by atoms with van der Waals surface area (Å²) in [4.78, 5) is 64.2. The Hall–Kier alpha value is -6.49. The van der Waals surface area contributed by atoms with Gasteiger partial charge in [-0.2, -0.15) is 10.2 Å². The second-order valence-corrected chi connectivity index (χ2v) is 23.1. The summed E-state index contributed by atoms with van der Waals surface area (Å²) in [6.45, 7) is 17.7. The van der Waals surface area contributed by atoms with E-state index in [1.807, 2.05) is 6.92 Å². The van der Waals surface area contributed by atoms with Gasteiger partial charge in [0.1, 0.15) is 35.4 Å². The standard InChI is InChI=1S/C61H84ClN11O12/c1-8-49-55(76)71(6)50-40-65-58(69-52(50)73(49)44-11-9-10-12-44)68-48-16-14-41(35-51(48)77-7)53(74)64-19-22-78-23-24-79-25-26-80-27-28-81-29-30-82-31-32-83-33-34-84-45-17-20-72(21-18-45)59-66-38-43(39-67-59)54(75)70-56-60(2,3)57(61(56,4)5)85-46-15-13-42(37-63)47(62)36-46/h13-16,35-36,38-40,44-45,49,56-57H,8-12,17-34H2,1-7H3,(H,64,74)(H,70,75)(H,65,68,69)/t49-,56?,57?/m1/s1. The molecule has 0 bridgehead atoms. The number of hydrogen-bond donors (Lipinski definition) is 3. The highest BCUT2D eigenvalue weighted by atomic mass is 35.5. The van der Waals surface area contributed by atoms with Crippen molar-refractivity contribution < 1.29 is 57.0 Å². The summed E-state index contributed by atoms with van der Waals surface area (Å²) in [5.41, 5.74) is 1.71. The Bertz CT molecular complexity index is 2850. The number of carbonyl (C=O) groups excluding carboxylic acids is 3. The molecule has 2 aliphatic carbocycles. The average molecular weight is 1200 g/mol. The second kappa shape index (κ2) is 31.2. The fraction of sp³-hybridized carbons (Fsp3) is 0.607. The molecule has 4 aliphatic rings. The normalized spacial score (nSPS) is 19.3. The van der Waals surface area contributed by atoms with E-state index in [2.05, 4.69) is 74.5 Å². The Morgan fingerprint density at radius 2 is 1.35 bits per heavy atom. The molecule has 0 radical (unpaired) electrons. The van der Waals surface area contributed by atoms with E-state index in [9.17, 15) is 19.6 Å². The maximum atomic E-state index is 13.4. The monoisotopic (exact) mass is 1200 g/mol. The van der Waals surface area contributed by atoms with Crippen LogP contribution in [0.4, 0.5) is 29.1 Å². The van der Waals surface area contributed by atoms with Crippen molar-refractivity contribution in [1.29, 1.82) is 5.26 Å². The van der Waals surface area contributed by atoms with E-state index in [1.54, 1.807) is 74.0 Å². The van der Waals surface area contributed by atoms with Crippen LogP contribution in [0.5, 0.6) is 11.5 Å². The molecule has 0 spiro atoms. The smallest absolute Gasteiger partial charge is 0.254 e. The van der Waals surface area contributed by atoms with E-state index < -0.39 is 10.8 Å². The molecule has 23 nitrogen and oxygen atoms in total. The van der Waals surface area contributed by atoms with Crippen molar-refractivity contribution in [1.82, 2.24) is 30.6 Å². The van der Waals surface area contributed by atoms with Crippen LogP contribution < -0.4 is 40.1 Å². The van der Waals surface area contributed by atoms with Crippen molar-refractivity contribution >= 4 is 58.4 Å². The van der Waals surface area contributed by atoms with Crippen LogP contribution in [0.3, 0.4) is 0 Å². The van der Waals surface area contributed by atoms with Gasteiger partial charge in [-0.05, 0) is 62.4 Å². The number of fused-ring (bicyclic) bond motifs is 1. The van der Waals surface area contributed by atoms with E-state index in [0.717, 1.165) is 57.4 Å². The van der Waals surface area contributed by atoms with Crippen LogP contribution in [-0.2, 0) is 38.0 Å². The highest BCUT2D eigenvalue weighted by molar-refractivity contribution is 6.31.